The van der Waals surface area contributed by atoms with E-state index in [1.165, 1.54) is 64.2 Å². The Morgan fingerprint density at radius 2 is 0.512 bits per heavy atom. The lowest BCUT2D eigenvalue weighted by Gasteiger charge is -2.26. The van der Waals surface area contributed by atoms with Gasteiger partial charge in [-0.2, -0.15) is 0 Å². The smallest absolute Gasteiger partial charge is 0.103 e. The average Bonchev–Trinajstić information content (AvgIpc) is 2.79. The average molecular weight is 605 g/mol. The first-order valence-corrected chi connectivity index (χ1v) is 15.3. The zero-order chi connectivity index (χ0) is 25.7. The Hall–Kier alpha value is -0.260. The van der Waals surface area contributed by atoms with Gasteiger partial charge in [0.15, 0.2) is 0 Å². The molecule has 4 fully saturated rings. The number of halogens is 2. The van der Waals surface area contributed by atoms with Gasteiger partial charge in [0.1, 0.15) is 12.3 Å². The minimum Gasteiger partial charge on any atom is -0.412 e. The summed E-state index contributed by atoms with van der Waals surface area (Å²) in [5.41, 5.74) is 0. The highest BCUT2D eigenvalue weighted by atomic mass is 19.1. The summed E-state index contributed by atoms with van der Waals surface area (Å²) in [6.07, 6.45) is 17.0. The van der Waals surface area contributed by atoms with E-state index in [4.69, 9.17) is 0 Å². The number of hydrogen-bond acceptors (Lipinski definition) is 0. The first-order valence-electron chi connectivity index (χ1n) is 15.3. The Kier molecular flexibility index (Phi) is 43.0. The van der Waals surface area contributed by atoms with E-state index in [-0.39, 0.29) is 47.6 Å². The molecular weight excluding hydrogens is 518 g/mol. The Bertz CT molecular complexity index is 434. The third kappa shape index (κ3) is 27.1. The van der Waals surface area contributed by atoms with Crippen molar-refractivity contribution in [1.82, 2.24) is 0 Å². The van der Waals surface area contributed by atoms with E-state index in [0.717, 1.165) is 49.4 Å². The largest absolute Gasteiger partial charge is 0.412 e. The molecule has 0 aliphatic heterocycles. The Morgan fingerprint density at radius 3 is 0.659 bits per heavy atom. The summed E-state index contributed by atoms with van der Waals surface area (Å²) in [4.78, 5) is 0. The second kappa shape index (κ2) is 31.2. The summed E-state index contributed by atoms with van der Waals surface area (Å²) in [5.74, 6) is 5.96. The molecule has 41 heavy (non-hydrogen) atoms. The number of hydrogen-bond donors (Lipinski definition) is 0. The third-order valence-electron chi connectivity index (χ3n) is 9.33. The molecule has 6 N–H and O–H groups in total. The van der Waals surface area contributed by atoms with Crippen molar-refractivity contribution in [3.63, 3.8) is 0 Å². The van der Waals surface area contributed by atoms with Crippen LogP contribution in [0.1, 0.15) is 176 Å². The van der Waals surface area contributed by atoms with Crippen LogP contribution in [0.25, 0.3) is 0 Å². The van der Waals surface area contributed by atoms with Crippen molar-refractivity contribution in [3.05, 3.63) is 0 Å². The van der Waals surface area contributed by atoms with Crippen molar-refractivity contribution >= 4 is 0 Å². The molecule has 0 heterocycles. The molecule has 5 heteroatoms. The molecule has 6 atom stereocenters. The molecule has 0 radical (unpaired) electrons. The Morgan fingerprint density at radius 1 is 0.341 bits per heavy atom. The van der Waals surface area contributed by atoms with Gasteiger partial charge in [0.25, 0.3) is 0 Å². The molecule has 4 saturated carbocycles. The Balaban J connectivity index is -0.0000000576. The van der Waals surface area contributed by atoms with Crippen LogP contribution < -0.4 is 0 Å². The minimum atomic E-state index is -0.520. The van der Waals surface area contributed by atoms with Crippen LogP contribution in [0.15, 0.2) is 0 Å². The molecule has 262 valence electrons. The lowest BCUT2D eigenvalue weighted by Crippen LogP contribution is -2.22. The summed E-state index contributed by atoms with van der Waals surface area (Å²) in [6, 6.07) is 0. The fourth-order valence-electron chi connectivity index (χ4n) is 5.78. The second-order valence-electron chi connectivity index (χ2n) is 13.6. The third-order valence-corrected chi connectivity index (χ3v) is 9.33. The van der Waals surface area contributed by atoms with E-state index < -0.39 is 12.3 Å². The van der Waals surface area contributed by atoms with Gasteiger partial charge in [0, 0.05) is 1.43 Å². The highest BCUT2D eigenvalue weighted by Crippen LogP contribution is 2.31. The highest BCUT2D eigenvalue weighted by molar-refractivity contribution is 4.75. The molecule has 4 aliphatic carbocycles. The van der Waals surface area contributed by atoms with E-state index in [2.05, 4.69) is 41.5 Å². The molecule has 0 aromatic heterocycles. The molecule has 0 bridgehead atoms. The Labute approximate surface area is 261 Å². The van der Waals surface area contributed by atoms with Crippen LogP contribution in [0.2, 0.25) is 0 Å². The molecular formula is C36H86F2O3. The standard InChI is InChI=1S/2C8H15F.2C8H16.4CH4.3H2O.H2/c2*1-6-3-4-7(2)8(9)5-6;2*1-7-3-5-8(2)6-4-7;;;;;;;;/h2*6-8H,3-5H2,1-2H3;2*7-8H,3-6H2,1-2H3;4*1H4;3*1H2;1H. The van der Waals surface area contributed by atoms with Crippen molar-refractivity contribution in [2.45, 2.75) is 187 Å². The molecule has 6 unspecified atom stereocenters. The van der Waals surface area contributed by atoms with Gasteiger partial charge in [-0.15, -0.1) is 0 Å². The molecule has 0 saturated heterocycles. The van der Waals surface area contributed by atoms with Crippen LogP contribution >= 0.6 is 0 Å². The van der Waals surface area contributed by atoms with Crippen LogP contribution in [0.4, 0.5) is 8.78 Å². The van der Waals surface area contributed by atoms with Gasteiger partial charge in [0.2, 0.25) is 0 Å². The first-order chi connectivity index (χ1) is 16.0. The lowest BCUT2D eigenvalue weighted by atomic mass is 9.83. The fraction of sp³-hybridized carbons (Fsp3) is 1.00. The summed E-state index contributed by atoms with van der Waals surface area (Å²) >= 11 is 0. The van der Waals surface area contributed by atoms with Gasteiger partial charge in [-0.1, -0.05) is 149 Å². The monoisotopic (exact) mass is 605 g/mol. The zero-order valence-electron chi connectivity index (χ0n) is 25.9. The zero-order valence-corrected chi connectivity index (χ0v) is 25.9. The maximum absolute atomic E-state index is 12.8. The highest BCUT2D eigenvalue weighted by Gasteiger charge is 2.25. The van der Waals surface area contributed by atoms with Gasteiger partial charge in [-0.25, -0.2) is 8.78 Å². The SMILES string of the molecule is C.C.C.C.CC1CCC(C)C(F)C1.CC1CCC(C)C(F)C1.CC1CCC(C)CC1.CC1CCC(C)CC1.O.O.O.[HH]. The van der Waals surface area contributed by atoms with E-state index in [1.54, 1.807) is 0 Å². The van der Waals surface area contributed by atoms with E-state index in [1.807, 2.05) is 13.8 Å². The molecule has 0 spiro atoms. The first kappa shape index (κ1) is 56.5. The van der Waals surface area contributed by atoms with Gasteiger partial charge >= 0.3 is 0 Å². The topological polar surface area (TPSA) is 94.5 Å². The molecule has 0 aromatic rings. The van der Waals surface area contributed by atoms with E-state index >= 15 is 0 Å². The van der Waals surface area contributed by atoms with Gasteiger partial charge < -0.3 is 16.4 Å². The van der Waals surface area contributed by atoms with Crippen molar-refractivity contribution in [2.24, 2.45) is 47.3 Å². The van der Waals surface area contributed by atoms with Gasteiger partial charge in [-0.3, -0.25) is 0 Å². The van der Waals surface area contributed by atoms with Crippen molar-refractivity contribution < 1.29 is 26.6 Å². The van der Waals surface area contributed by atoms with Gasteiger partial charge in [-0.05, 0) is 73.0 Å². The van der Waals surface area contributed by atoms with Crippen LogP contribution in [0.5, 0.6) is 0 Å². The maximum Gasteiger partial charge on any atom is 0.103 e. The predicted molar refractivity (Wildman–Crippen MR) is 188 cm³/mol. The number of alkyl halides is 2. The fourth-order valence-corrected chi connectivity index (χ4v) is 5.78. The molecule has 0 aromatic carbocycles. The van der Waals surface area contributed by atoms with E-state index in [9.17, 15) is 8.78 Å². The van der Waals surface area contributed by atoms with Crippen molar-refractivity contribution in [2.75, 3.05) is 0 Å². The summed E-state index contributed by atoms with van der Waals surface area (Å²) in [7, 11) is 0. The number of rotatable bonds is 0. The van der Waals surface area contributed by atoms with Gasteiger partial charge in [0.05, 0.1) is 0 Å². The predicted octanol–water partition coefficient (Wildman–Crippen LogP) is 11.5. The molecule has 0 amide bonds. The summed E-state index contributed by atoms with van der Waals surface area (Å²) < 4.78 is 25.7. The quantitative estimate of drug-likeness (QED) is 0.263. The van der Waals surface area contributed by atoms with Crippen LogP contribution in [0, 0.1) is 47.3 Å². The van der Waals surface area contributed by atoms with Crippen molar-refractivity contribution in [1.29, 1.82) is 0 Å². The molecule has 4 rings (SSSR count). The van der Waals surface area contributed by atoms with Crippen LogP contribution in [-0.4, -0.2) is 28.8 Å². The van der Waals surface area contributed by atoms with Crippen LogP contribution in [-0.2, 0) is 0 Å². The second-order valence-corrected chi connectivity index (χ2v) is 13.6. The molecule has 4 aliphatic rings. The molecule has 3 nitrogen and oxygen atoms in total. The lowest BCUT2D eigenvalue weighted by molar-refractivity contribution is 0.144. The summed E-state index contributed by atoms with van der Waals surface area (Å²) in [5, 5.41) is 0. The maximum atomic E-state index is 12.8. The van der Waals surface area contributed by atoms with Crippen molar-refractivity contribution in [3.8, 4) is 0 Å². The van der Waals surface area contributed by atoms with E-state index in [0.29, 0.717) is 23.7 Å². The van der Waals surface area contributed by atoms with Crippen LogP contribution in [0.3, 0.4) is 0 Å². The summed E-state index contributed by atoms with van der Waals surface area (Å²) in [6.45, 7) is 17.8. The normalized spacial score (nSPS) is 35.3. The minimum absolute atomic E-state index is 0.